The molecule has 0 saturated heterocycles. The minimum atomic E-state index is -1.08. The minimum Gasteiger partial charge on any atom is -0.495 e. The van der Waals surface area contributed by atoms with E-state index in [4.69, 9.17) is 9.47 Å². The van der Waals surface area contributed by atoms with E-state index in [-0.39, 0.29) is 25.5 Å². The third kappa shape index (κ3) is 12.7. The van der Waals surface area contributed by atoms with Gasteiger partial charge in [0.25, 0.3) is 0 Å². The summed E-state index contributed by atoms with van der Waals surface area (Å²) in [5.41, 5.74) is 3.27. The van der Waals surface area contributed by atoms with E-state index in [0.717, 1.165) is 16.7 Å². The maximum Gasteiger partial charge on any atom is 0.407 e. The van der Waals surface area contributed by atoms with Crippen molar-refractivity contribution in [1.29, 1.82) is 0 Å². The standard InChI is InChI=1S/C39H48N6O6/c1-27(2)36(44-38(48)45(3)25-31-17-18-33(50-4)24-41-31)37(47)43-34(21-29-14-9-6-10-15-29)35(46)22-32(20-28-12-7-5-8-13-28)42-39(49)51-26-30-16-11-19-40-23-30/h5-19,23-24,27,32,34-36,46H,20-22,25-26H2,1-4H3,(H,42,49)(H,43,47)(H,44,48)/t32-,34-,35-,36?/m0/s1. The van der Waals surface area contributed by atoms with E-state index in [1.165, 1.54) is 4.90 Å². The molecule has 0 bridgehead atoms. The fraction of sp³-hybridized carbons (Fsp3) is 0.359. The molecule has 4 amide bonds. The highest BCUT2D eigenvalue weighted by Crippen LogP contribution is 2.16. The highest BCUT2D eigenvalue weighted by atomic mass is 16.5. The van der Waals surface area contributed by atoms with Crippen molar-refractivity contribution in [2.45, 2.75) is 70.5 Å². The van der Waals surface area contributed by atoms with Gasteiger partial charge in [-0.3, -0.25) is 14.8 Å². The minimum absolute atomic E-state index is 0.0427. The van der Waals surface area contributed by atoms with Crippen LogP contribution in [0.15, 0.2) is 104 Å². The van der Waals surface area contributed by atoms with E-state index in [1.54, 1.807) is 50.9 Å². The molecule has 12 heteroatoms. The van der Waals surface area contributed by atoms with Gasteiger partial charge in [0.2, 0.25) is 5.91 Å². The molecule has 51 heavy (non-hydrogen) atoms. The molecule has 0 saturated carbocycles. The average Bonchev–Trinajstić information content (AvgIpc) is 3.14. The molecule has 4 aromatic rings. The molecule has 0 spiro atoms. The number of nitrogens with zero attached hydrogens (tertiary/aromatic N) is 3. The van der Waals surface area contributed by atoms with Gasteiger partial charge in [-0.15, -0.1) is 0 Å². The maximum atomic E-state index is 13.9. The number of aliphatic hydroxyl groups excluding tert-OH is 1. The molecule has 4 rings (SSSR count). The van der Waals surface area contributed by atoms with E-state index >= 15 is 0 Å². The molecule has 0 aliphatic heterocycles. The number of hydrogen-bond acceptors (Lipinski definition) is 8. The van der Waals surface area contributed by atoms with E-state index in [0.29, 0.717) is 24.3 Å². The first kappa shape index (κ1) is 38.3. The van der Waals surface area contributed by atoms with Crippen molar-refractivity contribution in [3.63, 3.8) is 0 Å². The van der Waals surface area contributed by atoms with Crippen LogP contribution in [0.25, 0.3) is 0 Å². The quantitative estimate of drug-likeness (QED) is 0.124. The van der Waals surface area contributed by atoms with Gasteiger partial charge >= 0.3 is 12.1 Å². The maximum absolute atomic E-state index is 13.9. The lowest BCUT2D eigenvalue weighted by molar-refractivity contribution is -0.125. The molecule has 0 aliphatic carbocycles. The summed E-state index contributed by atoms with van der Waals surface area (Å²) in [6, 6.07) is 23.6. The van der Waals surface area contributed by atoms with Crippen molar-refractivity contribution in [3.8, 4) is 5.75 Å². The number of carbonyl (C=O) groups is 3. The Bertz CT molecular complexity index is 1640. The van der Waals surface area contributed by atoms with Crippen molar-refractivity contribution in [3.05, 3.63) is 126 Å². The number of aromatic nitrogens is 2. The van der Waals surface area contributed by atoms with Crippen molar-refractivity contribution in [2.24, 2.45) is 5.92 Å². The largest absolute Gasteiger partial charge is 0.495 e. The predicted molar refractivity (Wildman–Crippen MR) is 194 cm³/mol. The molecule has 0 radical (unpaired) electrons. The van der Waals surface area contributed by atoms with Crippen LogP contribution in [0.1, 0.15) is 42.7 Å². The van der Waals surface area contributed by atoms with Crippen molar-refractivity contribution < 1.29 is 29.0 Å². The third-order valence-electron chi connectivity index (χ3n) is 8.36. The Labute approximate surface area is 299 Å². The normalized spacial score (nSPS) is 13.3. The molecule has 12 nitrogen and oxygen atoms in total. The van der Waals surface area contributed by atoms with E-state index < -0.39 is 42.3 Å². The molecular weight excluding hydrogens is 648 g/mol. The van der Waals surface area contributed by atoms with Gasteiger partial charge in [-0.2, -0.15) is 0 Å². The second-order valence-electron chi connectivity index (χ2n) is 12.8. The number of benzene rings is 2. The summed E-state index contributed by atoms with van der Waals surface area (Å²) >= 11 is 0. The molecule has 0 fully saturated rings. The van der Waals surface area contributed by atoms with Crippen LogP contribution in [0, 0.1) is 5.92 Å². The summed E-state index contributed by atoms with van der Waals surface area (Å²) in [6.45, 7) is 3.95. The van der Waals surface area contributed by atoms with Crippen LogP contribution in [-0.2, 0) is 35.5 Å². The van der Waals surface area contributed by atoms with Gasteiger partial charge < -0.3 is 35.4 Å². The number of nitrogens with one attached hydrogen (secondary N) is 3. The van der Waals surface area contributed by atoms with E-state index in [1.807, 2.05) is 80.6 Å². The summed E-state index contributed by atoms with van der Waals surface area (Å²) in [4.78, 5) is 49.9. The summed E-state index contributed by atoms with van der Waals surface area (Å²) in [7, 11) is 3.18. The number of amides is 4. The smallest absolute Gasteiger partial charge is 0.407 e. The zero-order valence-corrected chi connectivity index (χ0v) is 29.6. The number of pyridine rings is 2. The number of carbonyl (C=O) groups excluding carboxylic acids is 3. The first-order chi connectivity index (χ1) is 24.6. The SMILES string of the molecule is COc1ccc(CN(C)C(=O)NC(C(=O)N[C@@H](Cc2ccccc2)[C@@H](O)C[C@H](Cc2ccccc2)NC(=O)OCc2cccnc2)C(C)C)nc1. The van der Waals surface area contributed by atoms with Gasteiger partial charge in [-0.25, -0.2) is 9.59 Å². The van der Waals surface area contributed by atoms with E-state index in [9.17, 15) is 19.5 Å². The van der Waals surface area contributed by atoms with Crippen LogP contribution in [0.4, 0.5) is 9.59 Å². The van der Waals surface area contributed by atoms with Crippen LogP contribution in [0.3, 0.4) is 0 Å². The third-order valence-corrected chi connectivity index (χ3v) is 8.36. The summed E-state index contributed by atoms with van der Waals surface area (Å²) in [5.74, 6) is -0.0895. The highest BCUT2D eigenvalue weighted by molar-refractivity contribution is 5.87. The number of ether oxygens (including phenoxy) is 2. The predicted octanol–water partition coefficient (Wildman–Crippen LogP) is 4.67. The second kappa shape index (κ2) is 19.6. The number of hydrogen-bond donors (Lipinski definition) is 4. The summed E-state index contributed by atoms with van der Waals surface area (Å²) in [6.07, 6.45) is 3.99. The van der Waals surface area contributed by atoms with Crippen molar-refractivity contribution in [2.75, 3.05) is 14.2 Å². The lowest BCUT2D eigenvalue weighted by Gasteiger charge is -2.31. The van der Waals surface area contributed by atoms with Gasteiger partial charge in [0, 0.05) is 31.0 Å². The summed E-state index contributed by atoms with van der Waals surface area (Å²) < 4.78 is 10.6. The fourth-order valence-electron chi connectivity index (χ4n) is 5.53. The summed E-state index contributed by atoms with van der Waals surface area (Å²) in [5, 5.41) is 20.5. The number of aliphatic hydroxyl groups is 1. The number of urea groups is 1. The average molecular weight is 697 g/mol. The van der Waals surface area contributed by atoms with Gasteiger partial charge in [-0.1, -0.05) is 80.6 Å². The van der Waals surface area contributed by atoms with Crippen LogP contribution in [0.2, 0.25) is 0 Å². The molecule has 0 aliphatic rings. The van der Waals surface area contributed by atoms with Gasteiger partial charge in [0.05, 0.1) is 37.7 Å². The van der Waals surface area contributed by atoms with Gasteiger partial charge in [0.15, 0.2) is 0 Å². The topological polar surface area (TPSA) is 155 Å². The highest BCUT2D eigenvalue weighted by Gasteiger charge is 2.31. The Hall–Kier alpha value is -5.49. The fourth-order valence-corrected chi connectivity index (χ4v) is 5.53. The van der Waals surface area contributed by atoms with Gasteiger partial charge in [-0.05, 0) is 54.5 Å². The lowest BCUT2D eigenvalue weighted by Crippen LogP contribution is -2.57. The number of rotatable bonds is 17. The monoisotopic (exact) mass is 696 g/mol. The Morgan fingerprint density at radius 1 is 0.824 bits per heavy atom. The van der Waals surface area contributed by atoms with Gasteiger partial charge in [0.1, 0.15) is 18.4 Å². The molecule has 2 heterocycles. The molecular formula is C39H48N6O6. The Morgan fingerprint density at radius 3 is 2.08 bits per heavy atom. The van der Waals surface area contributed by atoms with Crippen molar-refractivity contribution in [1.82, 2.24) is 30.8 Å². The zero-order chi connectivity index (χ0) is 36.6. The van der Waals surface area contributed by atoms with Crippen LogP contribution in [-0.4, -0.2) is 76.4 Å². The molecule has 4 atom stereocenters. The Morgan fingerprint density at radius 2 is 1.49 bits per heavy atom. The number of alkyl carbamates (subject to hydrolysis) is 1. The Kier molecular flexibility index (Phi) is 14.8. The van der Waals surface area contributed by atoms with Crippen LogP contribution in [0.5, 0.6) is 5.75 Å². The van der Waals surface area contributed by atoms with Crippen LogP contribution >= 0.6 is 0 Å². The molecule has 2 aromatic carbocycles. The van der Waals surface area contributed by atoms with E-state index in [2.05, 4.69) is 25.9 Å². The van der Waals surface area contributed by atoms with Crippen molar-refractivity contribution >= 4 is 18.0 Å². The Balaban J connectivity index is 1.47. The zero-order valence-electron chi connectivity index (χ0n) is 29.6. The second-order valence-corrected chi connectivity index (χ2v) is 12.8. The molecule has 270 valence electrons. The molecule has 4 N–H and O–H groups in total. The first-order valence-corrected chi connectivity index (χ1v) is 17.0. The molecule has 2 aromatic heterocycles. The molecule has 1 unspecified atom stereocenters. The van der Waals surface area contributed by atoms with Crippen LogP contribution < -0.4 is 20.7 Å². The number of methoxy groups -OCH3 is 1. The lowest BCUT2D eigenvalue weighted by atomic mass is 9.93. The first-order valence-electron chi connectivity index (χ1n) is 17.0.